The zero-order valence-electron chi connectivity index (χ0n) is 11.7. The normalized spacial score (nSPS) is 17.6. The smallest absolute Gasteiger partial charge is 0.122 e. The van der Waals surface area contributed by atoms with Crippen LogP contribution in [0, 0.1) is 6.92 Å². The number of ether oxygens (including phenoxy) is 1. The fourth-order valence-corrected chi connectivity index (χ4v) is 3.47. The minimum Gasteiger partial charge on any atom is -0.493 e. The van der Waals surface area contributed by atoms with E-state index in [9.17, 15) is 0 Å². The van der Waals surface area contributed by atoms with E-state index in [1.807, 2.05) is 12.1 Å². The Morgan fingerprint density at radius 2 is 2.05 bits per heavy atom. The average Bonchev–Trinajstić information content (AvgIpc) is 2.46. The van der Waals surface area contributed by atoms with Crippen LogP contribution in [0.2, 0.25) is 0 Å². The predicted molar refractivity (Wildman–Crippen MR) is 86.5 cm³/mol. The van der Waals surface area contributed by atoms with Crippen molar-refractivity contribution in [2.45, 2.75) is 32.1 Å². The molecule has 0 saturated carbocycles. The third kappa shape index (κ3) is 2.90. The van der Waals surface area contributed by atoms with Gasteiger partial charge in [-0.05, 0) is 61.1 Å². The van der Waals surface area contributed by atoms with Crippen LogP contribution >= 0.6 is 15.9 Å². The van der Waals surface area contributed by atoms with Crippen molar-refractivity contribution in [3.05, 3.63) is 63.6 Å². The van der Waals surface area contributed by atoms with E-state index in [1.54, 1.807) is 0 Å². The molecule has 0 saturated heterocycles. The molecular formula is C18H19BrO. The van der Waals surface area contributed by atoms with Gasteiger partial charge >= 0.3 is 0 Å². The maximum Gasteiger partial charge on any atom is 0.122 e. The van der Waals surface area contributed by atoms with Crippen LogP contribution < -0.4 is 4.74 Å². The van der Waals surface area contributed by atoms with Crippen LogP contribution in [0.4, 0.5) is 0 Å². The van der Waals surface area contributed by atoms with E-state index in [0.717, 1.165) is 16.8 Å². The van der Waals surface area contributed by atoms with E-state index in [1.165, 1.54) is 36.0 Å². The molecule has 0 bridgehead atoms. The number of fused-ring (bicyclic) bond motifs is 1. The van der Waals surface area contributed by atoms with E-state index in [4.69, 9.17) is 4.74 Å². The van der Waals surface area contributed by atoms with Gasteiger partial charge in [0.15, 0.2) is 0 Å². The Morgan fingerprint density at radius 3 is 2.90 bits per heavy atom. The summed E-state index contributed by atoms with van der Waals surface area (Å²) in [6, 6.07) is 15.0. The summed E-state index contributed by atoms with van der Waals surface area (Å²) in [5.41, 5.74) is 4.16. The van der Waals surface area contributed by atoms with Crippen LogP contribution in [0.15, 0.2) is 46.9 Å². The molecule has 1 atom stereocenters. The van der Waals surface area contributed by atoms with Crippen molar-refractivity contribution >= 4 is 15.9 Å². The highest BCUT2D eigenvalue weighted by molar-refractivity contribution is 9.10. The van der Waals surface area contributed by atoms with Gasteiger partial charge in [0.1, 0.15) is 5.75 Å². The van der Waals surface area contributed by atoms with Crippen molar-refractivity contribution < 1.29 is 4.74 Å². The van der Waals surface area contributed by atoms with E-state index in [-0.39, 0.29) is 0 Å². The first-order valence-electron chi connectivity index (χ1n) is 7.21. The zero-order valence-corrected chi connectivity index (χ0v) is 13.3. The highest BCUT2D eigenvalue weighted by Crippen LogP contribution is 2.32. The maximum absolute atomic E-state index is 6.07. The SMILES string of the molecule is Cc1cc(Br)ccc1OCC1CCCc2ccccc21. The topological polar surface area (TPSA) is 9.23 Å². The molecule has 1 aliphatic carbocycles. The lowest BCUT2D eigenvalue weighted by Gasteiger charge is -2.25. The van der Waals surface area contributed by atoms with E-state index >= 15 is 0 Å². The fraction of sp³-hybridized carbons (Fsp3) is 0.333. The van der Waals surface area contributed by atoms with Crippen molar-refractivity contribution in [3.63, 3.8) is 0 Å². The second-order valence-corrected chi connectivity index (χ2v) is 6.42. The lowest BCUT2D eigenvalue weighted by molar-refractivity contribution is 0.273. The molecule has 0 spiro atoms. The monoisotopic (exact) mass is 330 g/mol. The first kappa shape index (κ1) is 13.7. The van der Waals surface area contributed by atoms with Crippen LogP contribution in [-0.4, -0.2) is 6.61 Å². The lowest BCUT2D eigenvalue weighted by atomic mass is 9.83. The molecule has 0 fully saturated rings. The molecule has 0 aliphatic heterocycles. The van der Waals surface area contributed by atoms with E-state index < -0.39 is 0 Å². The summed E-state index contributed by atoms with van der Waals surface area (Å²) in [6.07, 6.45) is 3.71. The van der Waals surface area contributed by atoms with Crippen LogP contribution in [0.5, 0.6) is 5.75 Å². The van der Waals surface area contributed by atoms with Crippen LogP contribution in [-0.2, 0) is 6.42 Å². The summed E-state index contributed by atoms with van der Waals surface area (Å²) in [5.74, 6) is 1.53. The highest BCUT2D eigenvalue weighted by Gasteiger charge is 2.20. The van der Waals surface area contributed by atoms with Crippen molar-refractivity contribution in [3.8, 4) is 5.75 Å². The zero-order chi connectivity index (χ0) is 13.9. The van der Waals surface area contributed by atoms with Gasteiger partial charge in [0.2, 0.25) is 0 Å². The van der Waals surface area contributed by atoms with Crippen LogP contribution in [0.3, 0.4) is 0 Å². The number of hydrogen-bond acceptors (Lipinski definition) is 1. The van der Waals surface area contributed by atoms with Gasteiger partial charge in [0.05, 0.1) is 6.61 Å². The van der Waals surface area contributed by atoms with Crippen LogP contribution in [0.1, 0.15) is 35.4 Å². The number of aryl methyl sites for hydroxylation is 2. The average molecular weight is 331 g/mol. The van der Waals surface area contributed by atoms with Gasteiger partial charge in [-0.1, -0.05) is 40.2 Å². The number of halogens is 1. The molecule has 0 amide bonds. The van der Waals surface area contributed by atoms with E-state index in [0.29, 0.717) is 5.92 Å². The summed E-state index contributed by atoms with van der Waals surface area (Å²) in [5, 5.41) is 0. The fourth-order valence-electron chi connectivity index (χ4n) is 2.99. The standard InChI is InChI=1S/C18H19BrO/c1-13-11-16(19)9-10-18(13)20-12-15-7-4-6-14-5-2-3-8-17(14)15/h2-3,5,8-11,15H,4,6-7,12H2,1H3. The van der Waals surface area contributed by atoms with Crippen LogP contribution in [0.25, 0.3) is 0 Å². The molecule has 104 valence electrons. The molecule has 2 aromatic carbocycles. The Kier molecular flexibility index (Phi) is 4.11. The first-order chi connectivity index (χ1) is 9.74. The summed E-state index contributed by atoms with van der Waals surface area (Å²) in [6.45, 7) is 2.87. The first-order valence-corrected chi connectivity index (χ1v) is 8.00. The third-order valence-electron chi connectivity index (χ3n) is 4.07. The molecular weight excluding hydrogens is 312 g/mol. The maximum atomic E-state index is 6.07. The molecule has 1 unspecified atom stereocenters. The van der Waals surface area contributed by atoms with Gasteiger partial charge in [-0.2, -0.15) is 0 Å². The molecule has 2 aromatic rings. The Labute approximate surface area is 129 Å². The highest BCUT2D eigenvalue weighted by atomic mass is 79.9. The third-order valence-corrected chi connectivity index (χ3v) is 4.56. The number of rotatable bonds is 3. The van der Waals surface area contributed by atoms with E-state index in [2.05, 4.69) is 53.2 Å². The molecule has 3 rings (SSSR count). The van der Waals surface area contributed by atoms with Gasteiger partial charge in [-0.3, -0.25) is 0 Å². The Bertz CT molecular complexity index is 606. The second-order valence-electron chi connectivity index (χ2n) is 5.51. The minimum atomic E-state index is 0.531. The number of benzene rings is 2. The van der Waals surface area contributed by atoms with Crippen molar-refractivity contribution in [2.75, 3.05) is 6.61 Å². The lowest BCUT2D eigenvalue weighted by Crippen LogP contribution is -2.16. The molecule has 0 N–H and O–H groups in total. The summed E-state index contributed by atoms with van der Waals surface area (Å²) < 4.78 is 7.17. The Morgan fingerprint density at radius 1 is 1.20 bits per heavy atom. The van der Waals surface area contributed by atoms with Gasteiger partial charge in [0.25, 0.3) is 0 Å². The van der Waals surface area contributed by atoms with Crippen molar-refractivity contribution in [1.82, 2.24) is 0 Å². The van der Waals surface area contributed by atoms with Gasteiger partial charge in [-0.15, -0.1) is 0 Å². The molecule has 0 heterocycles. The molecule has 20 heavy (non-hydrogen) atoms. The quantitative estimate of drug-likeness (QED) is 0.746. The predicted octanol–water partition coefficient (Wildman–Crippen LogP) is 5.26. The van der Waals surface area contributed by atoms with Crippen molar-refractivity contribution in [1.29, 1.82) is 0 Å². The second kappa shape index (κ2) is 6.01. The van der Waals surface area contributed by atoms with Gasteiger partial charge in [-0.25, -0.2) is 0 Å². The van der Waals surface area contributed by atoms with Gasteiger partial charge in [0, 0.05) is 10.4 Å². The largest absolute Gasteiger partial charge is 0.493 e. The van der Waals surface area contributed by atoms with Crippen molar-refractivity contribution in [2.24, 2.45) is 0 Å². The minimum absolute atomic E-state index is 0.531. The summed E-state index contributed by atoms with van der Waals surface area (Å²) >= 11 is 3.49. The summed E-state index contributed by atoms with van der Waals surface area (Å²) in [7, 11) is 0. The molecule has 1 aliphatic rings. The molecule has 0 aromatic heterocycles. The molecule has 0 radical (unpaired) electrons. The summed E-state index contributed by atoms with van der Waals surface area (Å²) in [4.78, 5) is 0. The molecule has 2 heteroatoms. The Hall–Kier alpha value is -1.28. The van der Waals surface area contributed by atoms with Gasteiger partial charge < -0.3 is 4.74 Å². The Balaban J connectivity index is 1.73. The molecule has 1 nitrogen and oxygen atoms in total. The number of hydrogen-bond donors (Lipinski definition) is 0.